The third-order valence-corrected chi connectivity index (χ3v) is 7.03. The van der Waals surface area contributed by atoms with Crippen LogP contribution in [0.1, 0.15) is 37.3 Å². The molecule has 1 aromatic carbocycles. The molecule has 1 amide bonds. The summed E-state index contributed by atoms with van der Waals surface area (Å²) in [6.07, 6.45) is 5.57. The van der Waals surface area contributed by atoms with Gasteiger partial charge in [-0.1, -0.05) is 6.07 Å². The van der Waals surface area contributed by atoms with Gasteiger partial charge >= 0.3 is 6.09 Å². The van der Waals surface area contributed by atoms with E-state index in [1.807, 2.05) is 4.90 Å². The number of carbonyl (C=O) groups is 1. The number of carbonyl (C=O) groups excluding carboxylic acids is 1. The second-order valence-corrected chi connectivity index (χ2v) is 8.20. The van der Waals surface area contributed by atoms with E-state index in [1.165, 1.54) is 49.7 Å². The zero-order valence-electron chi connectivity index (χ0n) is 16.2. The van der Waals surface area contributed by atoms with Gasteiger partial charge in [0.15, 0.2) is 0 Å². The molecular formula is C21H32N3O2+. The molecule has 0 bridgehead atoms. The van der Waals surface area contributed by atoms with E-state index < -0.39 is 0 Å². The minimum absolute atomic E-state index is 0.202. The van der Waals surface area contributed by atoms with Gasteiger partial charge in [-0.3, -0.25) is 4.48 Å². The third-order valence-electron chi connectivity index (χ3n) is 7.03. The first-order valence-electron chi connectivity index (χ1n) is 10.2. The highest BCUT2D eigenvalue weighted by Crippen LogP contribution is 2.40. The lowest BCUT2D eigenvalue weighted by molar-refractivity contribution is 0.125. The molecule has 0 saturated carbocycles. The summed E-state index contributed by atoms with van der Waals surface area (Å²) in [5.74, 6) is 0. The number of rotatable bonds is 2. The number of fused-ring (bicyclic) bond motifs is 1. The molecule has 1 unspecified atom stereocenters. The molecular weight excluding hydrogens is 326 g/mol. The Labute approximate surface area is 156 Å². The molecule has 142 valence electrons. The van der Waals surface area contributed by atoms with Crippen LogP contribution in [0.3, 0.4) is 0 Å². The average molecular weight is 359 g/mol. The van der Waals surface area contributed by atoms with Gasteiger partial charge < -0.3 is 15.0 Å². The molecule has 26 heavy (non-hydrogen) atoms. The van der Waals surface area contributed by atoms with Gasteiger partial charge in [0.1, 0.15) is 11.7 Å². The molecule has 3 heterocycles. The predicted octanol–water partition coefficient (Wildman–Crippen LogP) is 2.71. The van der Waals surface area contributed by atoms with Crippen molar-refractivity contribution < 1.29 is 9.53 Å². The summed E-state index contributed by atoms with van der Waals surface area (Å²) in [5, 5.41) is 3.59. The van der Waals surface area contributed by atoms with Crippen molar-refractivity contribution in [3.8, 4) is 0 Å². The summed E-state index contributed by atoms with van der Waals surface area (Å²) in [6, 6.07) is 8.57. The largest absolute Gasteiger partial charge is 0.453 e. The van der Waals surface area contributed by atoms with Gasteiger partial charge in [-0.15, -0.1) is 0 Å². The van der Waals surface area contributed by atoms with Crippen molar-refractivity contribution in [2.45, 2.75) is 51.1 Å². The first kappa shape index (κ1) is 17.8. The van der Waals surface area contributed by atoms with Crippen LogP contribution in [0.25, 0.3) is 0 Å². The van der Waals surface area contributed by atoms with Crippen LogP contribution in [-0.4, -0.2) is 62.9 Å². The highest BCUT2D eigenvalue weighted by Gasteiger charge is 2.48. The predicted molar refractivity (Wildman–Crippen MR) is 104 cm³/mol. The fourth-order valence-corrected chi connectivity index (χ4v) is 5.55. The van der Waals surface area contributed by atoms with Gasteiger partial charge in [0.2, 0.25) is 0 Å². The molecule has 1 aromatic rings. The van der Waals surface area contributed by atoms with Crippen molar-refractivity contribution >= 4 is 11.8 Å². The molecule has 2 fully saturated rings. The van der Waals surface area contributed by atoms with E-state index in [2.05, 4.69) is 30.4 Å². The summed E-state index contributed by atoms with van der Waals surface area (Å²) >= 11 is 0. The maximum absolute atomic E-state index is 11.9. The molecule has 3 aliphatic rings. The summed E-state index contributed by atoms with van der Waals surface area (Å²) < 4.78 is 6.08. The van der Waals surface area contributed by atoms with Gasteiger partial charge in [-0.2, -0.15) is 0 Å². The van der Waals surface area contributed by atoms with Gasteiger partial charge in [-0.05, 0) is 37.0 Å². The number of likely N-dealkylation sites (tertiary alicyclic amines) is 1. The number of methoxy groups -OCH3 is 1. The monoisotopic (exact) mass is 358 g/mol. The Hall–Kier alpha value is -1.59. The zero-order valence-corrected chi connectivity index (χ0v) is 16.2. The number of nitrogens with one attached hydrogen (secondary N) is 1. The topological polar surface area (TPSA) is 41.6 Å². The second-order valence-electron chi connectivity index (χ2n) is 8.20. The lowest BCUT2D eigenvalue weighted by Crippen LogP contribution is -2.59. The maximum Gasteiger partial charge on any atom is 0.409 e. The van der Waals surface area contributed by atoms with Crippen LogP contribution in [-0.2, 0) is 17.6 Å². The van der Waals surface area contributed by atoms with Crippen molar-refractivity contribution in [2.24, 2.45) is 0 Å². The van der Waals surface area contributed by atoms with Crippen molar-refractivity contribution in [2.75, 3.05) is 39.8 Å². The van der Waals surface area contributed by atoms with E-state index in [-0.39, 0.29) is 6.09 Å². The van der Waals surface area contributed by atoms with E-state index in [0.29, 0.717) is 12.1 Å². The van der Waals surface area contributed by atoms with Crippen LogP contribution in [0.15, 0.2) is 18.2 Å². The first-order valence-corrected chi connectivity index (χ1v) is 10.2. The molecule has 3 aliphatic heterocycles. The number of benzene rings is 1. The van der Waals surface area contributed by atoms with Crippen molar-refractivity contribution in [3.05, 3.63) is 29.3 Å². The SMILES string of the molecule is COC(=O)N1CCc2ccc([N+]3([C@H]4CCNC4)CCC[C@@H]3C)cc2CC1. The van der Waals surface area contributed by atoms with Gasteiger partial charge in [0.25, 0.3) is 0 Å². The molecule has 0 aromatic heterocycles. The fraction of sp³-hybridized carbons (Fsp3) is 0.667. The van der Waals surface area contributed by atoms with E-state index in [4.69, 9.17) is 4.74 Å². The summed E-state index contributed by atoms with van der Waals surface area (Å²) in [6.45, 7) is 7.50. The zero-order chi connectivity index (χ0) is 18.1. The number of quaternary nitrogens is 1. The highest BCUT2D eigenvalue weighted by molar-refractivity contribution is 5.67. The van der Waals surface area contributed by atoms with Crippen molar-refractivity contribution in [1.82, 2.24) is 14.7 Å². The van der Waals surface area contributed by atoms with Gasteiger partial charge in [0, 0.05) is 51.5 Å². The molecule has 0 aliphatic carbocycles. The van der Waals surface area contributed by atoms with E-state index in [0.717, 1.165) is 43.5 Å². The van der Waals surface area contributed by atoms with E-state index >= 15 is 0 Å². The van der Waals surface area contributed by atoms with Crippen LogP contribution in [0.4, 0.5) is 10.5 Å². The minimum Gasteiger partial charge on any atom is -0.453 e. The first-order chi connectivity index (χ1) is 12.6. The Morgan fingerprint density at radius 3 is 2.69 bits per heavy atom. The maximum atomic E-state index is 11.9. The van der Waals surface area contributed by atoms with Crippen molar-refractivity contribution in [1.29, 1.82) is 0 Å². The average Bonchev–Trinajstić information content (AvgIpc) is 3.27. The Morgan fingerprint density at radius 2 is 2.04 bits per heavy atom. The van der Waals surface area contributed by atoms with Crippen LogP contribution in [0.5, 0.6) is 0 Å². The molecule has 0 spiro atoms. The van der Waals surface area contributed by atoms with Crippen LogP contribution < -0.4 is 9.80 Å². The van der Waals surface area contributed by atoms with E-state index in [9.17, 15) is 4.79 Å². The highest BCUT2D eigenvalue weighted by atomic mass is 16.5. The number of hydrogen-bond donors (Lipinski definition) is 1. The lowest BCUT2D eigenvalue weighted by atomic mass is 9.99. The normalized spacial score (nSPS) is 31.5. The Kier molecular flexibility index (Phi) is 4.93. The Morgan fingerprint density at radius 1 is 1.23 bits per heavy atom. The van der Waals surface area contributed by atoms with Crippen molar-refractivity contribution in [3.63, 3.8) is 0 Å². The standard InChI is InChI=1S/C21H32N3O2/c1-16-4-3-13-24(16,20-7-10-22-15-20)19-6-5-17-8-11-23(21(25)26-2)12-9-18(17)14-19/h5-6,14,16,20,22H,3-4,7-13,15H2,1-2H3/q+1/t16-,20-,24?/m0/s1. The number of ether oxygens (including phenoxy) is 1. The summed E-state index contributed by atoms with van der Waals surface area (Å²) in [4.78, 5) is 13.7. The fourth-order valence-electron chi connectivity index (χ4n) is 5.55. The second kappa shape index (κ2) is 7.20. The minimum atomic E-state index is -0.202. The molecule has 5 heteroatoms. The molecule has 0 radical (unpaired) electrons. The Balaban J connectivity index is 1.64. The molecule has 4 rings (SSSR count). The third kappa shape index (κ3) is 2.91. The van der Waals surface area contributed by atoms with Crippen LogP contribution in [0.2, 0.25) is 0 Å². The summed E-state index contributed by atoms with van der Waals surface area (Å²) in [7, 11) is 1.47. The van der Waals surface area contributed by atoms with E-state index in [1.54, 1.807) is 0 Å². The number of nitrogens with zero attached hydrogens (tertiary/aromatic N) is 2. The number of hydrogen-bond acceptors (Lipinski definition) is 3. The quantitative estimate of drug-likeness (QED) is 0.827. The molecule has 2 saturated heterocycles. The molecule has 3 atom stereocenters. The lowest BCUT2D eigenvalue weighted by Gasteiger charge is -2.43. The smallest absolute Gasteiger partial charge is 0.409 e. The molecule has 5 nitrogen and oxygen atoms in total. The summed E-state index contributed by atoms with van der Waals surface area (Å²) in [5.41, 5.74) is 4.32. The van der Waals surface area contributed by atoms with Gasteiger partial charge in [0.05, 0.1) is 19.7 Å². The van der Waals surface area contributed by atoms with Crippen LogP contribution >= 0.6 is 0 Å². The van der Waals surface area contributed by atoms with Gasteiger partial charge in [-0.25, -0.2) is 4.79 Å². The van der Waals surface area contributed by atoms with Crippen LogP contribution in [0, 0.1) is 0 Å². The molecule has 1 N–H and O–H groups in total. The Bertz CT molecular complexity index is 671. The number of amides is 1.